The number of fused-ring (bicyclic) bond motifs is 2. The number of methoxy groups -OCH3 is 1. The predicted molar refractivity (Wildman–Crippen MR) is 108 cm³/mol. The number of anilines is 1. The maximum Gasteiger partial charge on any atom is 0.312 e. The monoisotopic (exact) mass is 385 g/mol. The first-order valence-corrected chi connectivity index (χ1v) is 10.5. The molecule has 4 unspecified atom stereocenters. The van der Waals surface area contributed by atoms with Crippen molar-refractivity contribution in [2.75, 3.05) is 38.2 Å². The summed E-state index contributed by atoms with van der Waals surface area (Å²) in [5, 5.41) is 3.00. The third kappa shape index (κ3) is 3.69. The van der Waals surface area contributed by atoms with Gasteiger partial charge in [0.25, 0.3) is 0 Å². The number of para-hydroxylation sites is 2. The molecule has 2 aliphatic carbocycles. The summed E-state index contributed by atoms with van der Waals surface area (Å²) in [7, 11) is 1.67. The third-order valence-corrected chi connectivity index (χ3v) is 6.98. The Labute approximate surface area is 167 Å². The molecule has 1 heterocycles. The highest BCUT2D eigenvalue weighted by atomic mass is 16.5. The lowest BCUT2D eigenvalue weighted by Gasteiger charge is -2.36. The summed E-state index contributed by atoms with van der Waals surface area (Å²) in [4.78, 5) is 29.1. The Hall–Kier alpha value is -2.24. The van der Waals surface area contributed by atoms with Crippen molar-refractivity contribution >= 4 is 17.5 Å². The number of nitrogens with one attached hydrogen (secondary N) is 1. The first-order chi connectivity index (χ1) is 13.6. The second kappa shape index (κ2) is 8.02. The topological polar surface area (TPSA) is 61.9 Å². The van der Waals surface area contributed by atoms with E-state index in [2.05, 4.69) is 17.1 Å². The third-order valence-electron chi connectivity index (χ3n) is 6.98. The zero-order valence-electron chi connectivity index (χ0n) is 16.9. The minimum atomic E-state index is -0.444. The first kappa shape index (κ1) is 19.1. The Morgan fingerprint density at radius 2 is 1.86 bits per heavy atom. The fraction of sp³-hybridized carbons (Fsp3) is 0.636. The molecule has 1 saturated heterocycles. The van der Waals surface area contributed by atoms with Gasteiger partial charge in [0.15, 0.2) is 0 Å². The number of nitrogens with zero attached hydrogens (tertiary/aromatic N) is 2. The summed E-state index contributed by atoms with van der Waals surface area (Å²) in [5.74, 6) is 2.11. The molecular weight excluding hydrogens is 354 g/mol. The van der Waals surface area contributed by atoms with E-state index >= 15 is 0 Å². The van der Waals surface area contributed by atoms with Gasteiger partial charge in [-0.3, -0.25) is 9.59 Å². The zero-order valence-corrected chi connectivity index (χ0v) is 16.9. The van der Waals surface area contributed by atoms with E-state index in [-0.39, 0.29) is 6.04 Å². The Morgan fingerprint density at radius 3 is 2.50 bits per heavy atom. The van der Waals surface area contributed by atoms with Crippen LogP contribution in [-0.2, 0) is 9.59 Å². The van der Waals surface area contributed by atoms with Gasteiger partial charge < -0.3 is 19.9 Å². The van der Waals surface area contributed by atoms with Crippen molar-refractivity contribution in [3.63, 3.8) is 0 Å². The molecule has 4 rings (SSSR count). The van der Waals surface area contributed by atoms with Crippen LogP contribution in [0, 0.1) is 17.8 Å². The van der Waals surface area contributed by atoms with Crippen LogP contribution in [0.2, 0.25) is 0 Å². The molecule has 0 radical (unpaired) electrons. The van der Waals surface area contributed by atoms with Crippen molar-refractivity contribution < 1.29 is 14.3 Å². The molecule has 28 heavy (non-hydrogen) atoms. The summed E-state index contributed by atoms with van der Waals surface area (Å²) in [6, 6.07) is 7.99. The van der Waals surface area contributed by atoms with E-state index in [1.807, 2.05) is 24.3 Å². The molecule has 0 spiro atoms. The van der Waals surface area contributed by atoms with E-state index in [9.17, 15) is 9.59 Å². The average Bonchev–Trinajstić information content (AvgIpc) is 3.37. The summed E-state index contributed by atoms with van der Waals surface area (Å²) in [6.07, 6.45) is 5.15. The molecule has 2 saturated carbocycles. The van der Waals surface area contributed by atoms with Gasteiger partial charge in [0, 0.05) is 32.2 Å². The second-order valence-corrected chi connectivity index (χ2v) is 8.55. The number of benzene rings is 1. The highest BCUT2D eigenvalue weighted by molar-refractivity contribution is 6.35. The van der Waals surface area contributed by atoms with Crippen molar-refractivity contribution in [1.29, 1.82) is 0 Å². The number of carbonyl (C=O) groups is 2. The maximum atomic E-state index is 12.6. The van der Waals surface area contributed by atoms with Crippen LogP contribution >= 0.6 is 0 Å². The Balaban J connectivity index is 1.29. The van der Waals surface area contributed by atoms with Gasteiger partial charge in [-0.15, -0.1) is 0 Å². The van der Waals surface area contributed by atoms with Crippen LogP contribution in [0.3, 0.4) is 0 Å². The van der Waals surface area contributed by atoms with Gasteiger partial charge >= 0.3 is 11.8 Å². The van der Waals surface area contributed by atoms with Crippen LogP contribution in [0.4, 0.5) is 5.69 Å². The molecule has 6 nitrogen and oxygen atoms in total. The lowest BCUT2D eigenvalue weighted by molar-refractivity contribution is -0.146. The van der Waals surface area contributed by atoms with Crippen molar-refractivity contribution in [3.05, 3.63) is 24.3 Å². The minimum Gasteiger partial charge on any atom is -0.495 e. The van der Waals surface area contributed by atoms with Gasteiger partial charge in [0.2, 0.25) is 0 Å². The van der Waals surface area contributed by atoms with Gasteiger partial charge in [-0.2, -0.15) is 0 Å². The first-order valence-electron chi connectivity index (χ1n) is 10.5. The van der Waals surface area contributed by atoms with Crippen LogP contribution in [-0.4, -0.2) is 56.0 Å². The summed E-state index contributed by atoms with van der Waals surface area (Å²) in [6.45, 7) is 4.55. The van der Waals surface area contributed by atoms with Crippen LogP contribution < -0.4 is 15.0 Å². The summed E-state index contributed by atoms with van der Waals surface area (Å²) < 4.78 is 5.44. The average molecular weight is 386 g/mol. The Morgan fingerprint density at radius 1 is 1.11 bits per heavy atom. The maximum absolute atomic E-state index is 12.6. The molecule has 1 aliphatic heterocycles. The number of hydrogen-bond donors (Lipinski definition) is 1. The SMILES string of the molecule is COc1ccccc1N1CCN(C(=O)C(=O)NC(C)C2CC3CCC2C3)CC1. The smallest absolute Gasteiger partial charge is 0.312 e. The predicted octanol–water partition coefficient (Wildman–Crippen LogP) is 2.28. The molecule has 1 aromatic rings. The van der Waals surface area contributed by atoms with Gasteiger partial charge in [-0.05, 0) is 56.1 Å². The Kier molecular flexibility index (Phi) is 5.47. The van der Waals surface area contributed by atoms with E-state index in [1.165, 1.54) is 25.7 Å². The van der Waals surface area contributed by atoms with E-state index in [0.29, 0.717) is 32.1 Å². The molecule has 4 atom stereocenters. The molecule has 0 aromatic heterocycles. The molecule has 6 heteroatoms. The summed E-state index contributed by atoms with van der Waals surface area (Å²) in [5.41, 5.74) is 1.03. The van der Waals surface area contributed by atoms with E-state index in [1.54, 1.807) is 12.0 Å². The van der Waals surface area contributed by atoms with Gasteiger partial charge in [0.05, 0.1) is 12.8 Å². The summed E-state index contributed by atoms with van der Waals surface area (Å²) >= 11 is 0. The minimum absolute atomic E-state index is 0.0848. The van der Waals surface area contributed by atoms with Crippen molar-refractivity contribution in [1.82, 2.24) is 10.2 Å². The van der Waals surface area contributed by atoms with Crippen LogP contribution in [0.1, 0.15) is 32.6 Å². The number of amides is 2. The van der Waals surface area contributed by atoms with E-state index in [4.69, 9.17) is 4.74 Å². The normalized spacial score (nSPS) is 27.6. The lowest BCUT2D eigenvalue weighted by Crippen LogP contribution is -2.54. The number of rotatable bonds is 4. The lowest BCUT2D eigenvalue weighted by atomic mass is 9.84. The van der Waals surface area contributed by atoms with Gasteiger partial charge in [-0.1, -0.05) is 18.6 Å². The molecule has 2 amide bonds. The largest absolute Gasteiger partial charge is 0.495 e. The second-order valence-electron chi connectivity index (χ2n) is 8.55. The standard InChI is InChI=1S/C22H31N3O3/c1-15(18-14-16-7-8-17(18)13-16)23-21(26)22(27)25-11-9-24(10-12-25)19-5-3-4-6-20(19)28-2/h3-6,15-18H,7-14H2,1-2H3,(H,23,26). The van der Waals surface area contributed by atoms with E-state index < -0.39 is 11.8 Å². The molecular formula is C22H31N3O3. The molecule has 3 aliphatic rings. The van der Waals surface area contributed by atoms with Crippen LogP contribution in [0.15, 0.2) is 24.3 Å². The Bertz CT molecular complexity index is 729. The van der Waals surface area contributed by atoms with Crippen LogP contribution in [0.25, 0.3) is 0 Å². The van der Waals surface area contributed by atoms with Gasteiger partial charge in [-0.25, -0.2) is 0 Å². The van der Waals surface area contributed by atoms with Crippen molar-refractivity contribution in [2.45, 2.75) is 38.6 Å². The molecule has 1 aromatic carbocycles. The fourth-order valence-electron chi connectivity index (χ4n) is 5.47. The number of hydrogen-bond acceptors (Lipinski definition) is 4. The fourth-order valence-corrected chi connectivity index (χ4v) is 5.47. The van der Waals surface area contributed by atoms with Gasteiger partial charge in [0.1, 0.15) is 5.75 Å². The molecule has 2 bridgehead atoms. The highest BCUT2D eigenvalue weighted by Crippen LogP contribution is 2.49. The number of ether oxygens (including phenoxy) is 1. The zero-order chi connectivity index (χ0) is 19.7. The molecule has 152 valence electrons. The highest BCUT2D eigenvalue weighted by Gasteiger charge is 2.42. The van der Waals surface area contributed by atoms with Crippen molar-refractivity contribution in [3.8, 4) is 5.75 Å². The number of piperazine rings is 1. The van der Waals surface area contributed by atoms with E-state index in [0.717, 1.165) is 23.3 Å². The van der Waals surface area contributed by atoms with Crippen LogP contribution in [0.5, 0.6) is 5.75 Å². The molecule has 1 N–H and O–H groups in total. The molecule has 3 fully saturated rings. The number of carbonyl (C=O) groups excluding carboxylic acids is 2. The quantitative estimate of drug-likeness (QED) is 0.808. The van der Waals surface area contributed by atoms with Crippen molar-refractivity contribution in [2.24, 2.45) is 17.8 Å².